The lowest BCUT2D eigenvalue weighted by molar-refractivity contribution is 0.672. The minimum absolute atomic E-state index is 0.909. The topological polar surface area (TPSA) is 16.4 Å². The summed E-state index contributed by atoms with van der Waals surface area (Å²) in [5, 5.41) is 9.45. The van der Waals surface area contributed by atoms with E-state index in [4.69, 9.17) is 4.42 Å². The lowest BCUT2D eigenvalue weighted by Gasteiger charge is -2.29. The van der Waals surface area contributed by atoms with Crippen molar-refractivity contribution in [2.45, 2.75) is 0 Å². The Labute approximate surface area is 325 Å². The first-order valence-corrected chi connectivity index (χ1v) is 19.2. The fourth-order valence-electron chi connectivity index (χ4n) is 8.63. The Balaban J connectivity index is 1.07. The summed E-state index contributed by atoms with van der Waals surface area (Å²) in [6, 6.07) is 76.5. The molecule has 2 heteroatoms. The highest BCUT2D eigenvalue weighted by Gasteiger charge is 2.21. The monoisotopic (exact) mass is 713 g/mol. The Morgan fingerprint density at radius 3 is 1.73 bits per heavy atom. The van der Waals surface area contributed by atoms with Gasteiger partial charge in [0.2, 0.25) is 0 Å². The SMILES string of the molecule is c1cc(-c2ccc(N(c3ccccc3-c3cccc4c3ccc3c5ccccc5oc43)c3cccc4ccccc34)cc2)cc(-c2cccc3ccccc23)c1. The van der Waals surface area contributed by atoms with Crippen LogP contribution in [-0.4, -0.2) is 0 Å². The number of para-hydroxylation sites is 2. The molecule has 0 atom stereocenters. The van der Waals surface area contributed by atoms with Gasteiger partial charge in [0.15, 0.2) is 0 Å². The summed E-state index contributed by atoms with van der Waals surface area (Å²) >= 11 is 0. The number of hydrogen-bond donors (Lipinski definition) is 0. The second kappa shape index (κ2) is 13.2. The molecule has 11 rings (SSSR count). The number of rotatable bonds is 6. The first-order valence-electron chi connectivity index (χ1n) is 19.2. The van der Waals surface area contributed by atoms with Crippen LogP contribution in [0.5, 0.6) is 0 Å². The molecule has 0 N–H and O–H groups in total. The van der Waals surface area contributed by atoms with Crippen molar-refractivity contribution in [3.63, 3.8) is 0 Å². The predicted octanol–water partition coefficient (Wildman–Crippen LogP) is 15.5. The van der Waals surface area contributed by atoms with Crippen molar-refractivity contribution >= 4 is 71.3 Å². The van der Waals surface area contributed by atoms with Crippen LogP contribution in [0.15, 0.2) is 217 Å². The van der Waals surface area contributed by atoms with Gasteiger partial charge < -0.3 is 9.32 Å². The molecule has 11 aromatic rings. The van der Waals surface area contributed by atoms with E-state index in [1.165, 1.54) is 43.8 Å². The maximum absolute atomic E-state index is 6.51. The predicted molar refractivity (Wildman–Crippen MR) is 237 cm³/mol. The Bertz CT molecular complexity index is 3250. The van der Waals surface area contributed by atoms with E-state index in [0.717, 1.165) is 60.9 Å². The lowest BCUT2D eigenvalue weighted by Crippen LogP contribution is -2.11. The van der Waals surface area contributed by atoms with Gasteiger partial charge >= 0.3 is 0 Å². The van der Waals surface area contributed by atoms with E-state index in [0.29, 0.717) is 0 Å². The standard InChI is InChI=1S/C54H35NO/c1-3-19-42-37(13-1)15-10-23-43(42)40-18-9-17-39(35-40)36-29-31-41(32-30-36)55(51-27-11-16-38-14-2-4-20-44(38)51)52-26-7-5-21-47(52)45-24-12-25-49-46(45)33-34-50-48-22-6-8-28-53(48)56-54(49)50/h1-35H. The molecule has 0 amide bonds. The van der Waals surface area contributed by atoms with Crippen LogP contribution in [0.2, 0.25) is 0 Å². The fourth-order valence-corrected chi connectivity index (χ4v) is 8.63. The second-order valence-corrected chi connectivity index (χ2v) is 14.4. The molecule has 262 valence electrons. The van der Waals surface area contributed by atoms with E-state index in [1.807, 2.05) is 6.07 Å². The van der Waals surface area contributed by atoms with Crippen molar-refractivity contribution in [2.75, 3.05) is 4.90 Å². The van der Waals surface area contributed by atoms with Gasteiger partial charge in [0.25, 0.3) is 0 Å². The number of benzene rings is 10. The molecule has 0 saturated heterocycles. The van der Waals surface area contributed by atoms with Gasteiger partial charge in [-0.25, -0.2) is 0 Å². The van der Waals surface area contributed by atoms with Crippen molar-refractivity contribution in [1.82, 2.24) is 0 Å². The zero-order chi connectivity index (χ0) is 37.0. The van der Waals surface area contributed by atoms with Crippen LogP contribution in [-0.2, 0) is 0 Å². The summed E-state index contributed by atoms with van der Waals surface area (Å²) in [6.07, 6.45) is 0. The molecule has 1 aromatic heterocycles. The van der Waals surface area contributed by atoms with Crippen LogP contribution >= 0.6 is 0 Å². The Morgan fingerprint density at radius 2 is 0.857 bits per heavy atom. The molecule has 0 unspecified atom stereocenters. The number of furan rings is 1. The molecular formula is C54H35NO. The summed E-state index contributed by atoms with van der Waals surface area (Å²) in [4.78, 5) is 2.42. The van der Waals surface area contributed by atoms with Gasteiger partial charge in [0, 0.05) is 32.8 Å². The number of fused-ring (bicyclic) bond motifs is 7. The van der Waals surface area contributed by atoms with E-state index in [1.54, 1.807) is 0 Å². The van der Waals surface area contributed by atoms with Crippen LogP contribution < -0.4 is 4.90 Å². The first kappa shape index (κ1) is 32.0. The van der Waals surface area contributed by atoms with Crippen LogP contribution in [0, 0.1) is 0 Å². The summed E-state index contributed by atoms with van der Waals surface area (Å²) in [5.74, 6) is 0. The Kier molecular flexibility index (Phi) is 7.53. The zero-order valence-corrected chi connectivity index (χ0v) is 30.6. The Hall–Kier alpha value is -7.42. The van der Waals surface area contributed by atoms with Gasteiger partial charge in [-0.3, -0.25) is 0 Å². The third kappa shape index (κ3) is 5.26. The fraction of sp³-hybridized carbons (Fsp3) is 0. The van der Waals surface area contributed by atoms with E-state index < -0.39 is 0 Å². The molecule has 0 aliphatic rings. The van der Waals surface area contributed by atoms with E-state index in [-0.39, 0.29) is 0 Å². The summed E-state index contributed by atoms with van der Waals surface area (Å²) in [5.41, 5.74) is 12.3. The summed E-state index contributed by atoms with van der Waals surface area (Å²) < 4.78 is 6.51. The maximum atomic E-state index is 6.51. The highest BCUT2D eigenvalue weighted by Crippen LogP contribution is 2.46. The average molecular weight is 714 g/mol. The van der Waals surface area contributed by atoms with Gasteiger partial charge in [-0.15, -0.1) is 0 Å². The molecule has 2 nitrogen and oxygen atoms in total. The Morgan fingerprint density at radius 1 is 0.304 bits per heavy atom. The van der Waals surface area contributed by atoms with E-state index in [9.17, 15) is 0 Å². The van der Waals surface area contributed by atoms with Crippen molar-refractivity contribution in [2.24, 2.45) is 0 Å². The quantitative estimate of drug-likeness (QED) is 0.171. The van der Waals surface area contributed by atoms with Crippen LogP contribution in [0.25, 0.3) is 87.6 Å². The minimum atomic E-state index is 0.909. The first-order chi connectivity index (χ1) is 27.8. The molecule has 56 heavy (non-hydrogen) atoms. The van der Waals surface area contributed by atoms with Crippen LogP contribution in [0.1, 0.15) is 0 Å². The van der Waals surface area contributed by atoms with Crippen LogP contribution in [0.3, 0.4) is 0 Å². The van der Waals surface area contributed by atoms with Crippen LogP contribution in [0.4, 0.5) is 17.1 Å². The minimum Gasteiger partial charge on any atom is -0.455 e. The third-order valence-electron chi connectivity index (χ3n) is 11.3. The molecule has 0 aliphatic heterocycles. The van der Waals surface area contributed by atoms with Gasteiger partial charge in [-0.05, 0) is 91.8 Å². The molecule has 0 aliphatic carbocycles. The van der Waals surface area contributed by atoms with E-state index in [2.05, 4.69) is 211 Å². The van der Waals surface area contributed by atoms with Gasteiger partial charge in [0.1, 0.15) is 11.2 Å². The normalized spacial score (nSPS) is 11.6. The second-order valence-electron chi connectivity index (χ2n) is 14.4. The van der Waals surface area contributed by atoms with Crippen molar-refractivity contribution in [3.05, 3.63) is 212 Å². The zero-order valence-electron chi connectivity index (χ0n) is 30.6. The average Bonchev–Trinajstić information content (AvgIpc) is 3.66. The van der Waals surface area contributed by atoms with Gasteiger partial charge in [-0.1, -0.05) is 170 Å². The molecular weight excluding hydrogens is 679 g/mol. The molecule has 10 aromatic carbocycles. The third-order valence-corrected chi connectivity index (χ3v) is 11.3. The van der Waals surface area contributed by atoms with E-state index >= 15 is 0 Å². The summed E-state index contributed by atoms with van der Waals surface area (Å²) in [7, 11) is 0. The molecule has 0 bridgehead atoms. The van der Waals surface area contributed by atoms with Gasteiger partial charge in [-0.2, -0.15) is 0 Å². The lowest BCUT2D eigenvalue weighted by atomic mass is 9.94. The number of nitrogens with zero attached hydrogens (tertiary/aromatic N) is 1. The largest absolute Gasteiger partial charge is 0.455 e. The molecule has 0 fully saturated rings. The highest BCUT2D eigenvalue weighted by atomic mass is 16.3. The molecule has 0 spiro atoms. The molecule has 0 radical (unpaired) electrons. The van der Waals surface area contributed by atoms with Crippen molar-refractivity contribution in [1.29, 1.82) is 0 Å². The number of hydrogen-bond acceptors (Lipinski definition) is 2. The van der Waals surface area contributed by atoms with Gasteiger partial charge in [0.05, 0.1) is 11.4 Å². The molecule has 0 saturated carbocycles. The highest BCUT2D eigenvalue weighted by molar-refractivity contribution is 6.18. The number of anilines is 3. The smallest absolute Gasteiger partial charge is 0.143 e. The maximum Gasteiger partial charge on any atom is 0.143 e. The summed E-state index contributed by atoms with van der Waals surface area (Å²) in [6.45, 7) is 0. The molecule has 1 heterocycles. The van der Waals surface area contributed by atoms with Crippen molar-refractivity contribution < 1.29 is 4.42 Å². The van der Waals surface area contributed by atoms with Crippen molar-refractivity contribution in [3.8, 4) is 33.4 Å².